The van der Waals surface area contributed by atoms with Crippen LogP contribution in [0.2, 0.25) is 15.1 Å². The maximum Gasteiger partial charge on any atom is 0.338 e. The Kier molecular flexibility index (Phi) is 3.35. The van der Waals surface area contributed by atoms with Crippen LogP contribution in [0.15, 0.2) is 11.0 Å². The van der Waals surface area contributed by atoms with Gasteiger partial charge in [0.2, 0.25) is 0 Å². The molecule has 0 aliphatic rings. The Morgan fingerprint density at radius 2 is 1.85 bits per heavy atom. The first-order chi connectivity index (χ1) is 5.95. The monoisotopic (exact) mass is 256 g/mol. The number of benzene rings is 1. The highest BCUT2D eigenvalue weighted by atomic mass is 35.5. The summed E-state index contributed by atoms with van der Waals surface area (Å²) in [6.45, 7) is 0. The van der Waals surface area contributed by atoms with E-state index in [4.69, 9.17) is 39.9 Å². The molecule has 0 radical (unpaired) electrons. The summed E-state index contributed by atoms with van der Waals surface area (Å²) in [4.78, 5) is 11.0. The second kappa shape index (κ2) is 3.96. The van der Waals surface area contributed by atoms with Crippen LogP contribution in [-0.2, 0) is 0 Å². The van der Waals surface area contributed by atoms with Crippen molar-refractivity contribution in [2.24, 2.45) is 0 Å². The van der Waals surface area contributed by atoms with Crippen LogP contribution in [0.3, 0.4) is 0 Å². The minimum absolute atomic E-state index is 0.00904. The third kappa shape index (κ3) is 2.05. The van der Waals surface area contributed by atoms with Gasteiger partial charge >= 0.3 is 5.97 Å². The number of thiol groups is 1. The van der Waals surface area contributed by atoms with Crippen molar-refractivity contribution in [1.29, 1.82) is 0 Å². The van der Waals surface area contributed by atoms with E-state index < -0.39 is 5.97 Å². The van der Waals surface area contributed by atoms with Gasteiger partial charge in [0.15, 0.2) is 0 Å². The maximum absolute atomic E-state index is 10.7. The van der Waals surface area contributed by atoms with Crippen LogP contribution in [0.4, 0.5) is 0 Å². The normalized spacial score (nSPS) is 10.2. The Hall–Kier alpha value is -0.0900. The fourth-order valence-electron chi connectivity index (χ4n) is 0.778. The van der Waals surface area contributed by atoms with Crippen molar-refractivity contribution in [3.8, 4) is 0 Å². The SMILES string of the molecule is O=C(O)c1c(Cl)c(S)cc(Cl)c1Cl. The van der Waals surface area contributed by atoms with Gasteiger partial charge < -0.3 is 5.11 Å². The molecule has 0 spiro atoms. The summed E-state index contributed by atoms with van der Waals surface area (Å²) < 4.78 is 0. The molecule has 0 heterocycles. The predicted octanol–water partition coefficient (Wildman–Crippen LogP) is 3.63. The molecule has 1 N–H and O–H groups in total. The van der Waals surface area contributed by atoms with Gasteiger partial charge in [0.25, 0.3) is 0 Å². The molecular formula is C7H3Cl3O2S. The Labute approximate surface area is 94.8 Å². The van der Waals surface area contributed by atoms with E-state index in [1.54, 1.807) is 0 Å². The number of carboxylic acid groups (broad SMARTS) is 1. The second-order valence-electron chi connectivity index (χ2n) is 2.19. The first-order valence-corrected chi connectivity index (χ1v) is 4.63. The molecule has 1 aromatic rings. The quantitative estimate of drug-likeness (QED) is 0.595. The van der Waals surface area contributed by atoms with Crippen molar-refractivity contribution in [3.05, 3.63) is 26.7 Å². The molecular weight excluding hydrogens is 255 g/mol. The first-order valence-electron chi connectivity index (χ1n) is 3.05. The van der Waals surface area contributed by atoms with E-state index in [0.717, 1.165) is 0 Å². The summed E-state index contributed by atoms with van der Waals surface area (Å²) in [6, 6.07) is 1.39. The molecule has 0 fully saturated rings. The number of aromatic carboxylic acids is 1. The molecule has 0 saturated carbocycles. The lowest BCUT2D eigenvalue weighted by Crippen LogP contribution is -1.99. The van der Waals surface area contributed by atoms with E-state index in [9.17, 15) is 4.79 Å². The third-order valence-electron chi connectivity index (χ3n) is 1.35. The van der Waals surface area contributed by atoms with Crippen LogP contribution < -0.4 is 0 Å². The smallest absolute Gasteiger partial charge is 0.338 e. The van der Waals surface area contributed by atoms with Gasteiger partial charge in [-0.1, -0.05) is 34.8 Å². The minimum Gasteiger partial charge on any atom is -0.478 e. The number of carboxylic acids is 1. The summed E-state index contributed by atoms with van der Waals surface area (Å²) in [6.07, 6.45) is 0. The lowest BCUT2D eigenvalue weighted by molar-refractivity contribution is 0.0697. The molecule has 0 saturated heterocycles. The van der Waals surface area contributed by atoms with Crippen molar-refractivity contribution in [1.82, 2.24) is 0 Å². The van der Waals surface area contributed by atoms with Crippen LogP contribution in [0, 0.1) is 0 Å². The van der Waals surface area contributed by atoms with E-state index in [1.165, 1.54) is 6.07 Å². The highest BCUT2D eigenvalue weighted by Crippen LogP contribution is 2.35. The van der Waals surface area contributed by atoms with Crippen molar-refractivity contribution in [3.63, 3.8) is 0 Å². The number of rotatable bonds is 1. The van der Waals surface area contributed by atoms with Gasteiger partial charge in [-0.05, 0) is 6.07 Å². The fraction of sp³-hybridized carbons (Fsp3) is 0. The van der Waals surface area contributed by atoms with Crippen LogP contribution in [0.5, 0.6) is 0 Å². The summed E-state index contributed by atoms with van der Waals surface area (Å²) in [5.74, 6) is -1.23. The minimum atomic E-state index is -1.23. The molecule has 0 aliphatic carbocycles. The summed E-state index contributed by atoms with van der Waals surface area (Å²) in [7, 11) is 0. The zero-order valence-electron chi connectivity index (χ0n) is 6.01. The zero-order valence-corrected chi connectivity index (χ0v) is 9.18. The lowest BCUT2D eigenvalue weighted by Gasteiger charge is -2.05. The molecule has 0 aromatic heterocycles. The van der Waals surface area contributed by atoms with Gasteiger partial charge in [0.05, 0.1) is 20.6 Å². The van der Waals surface area contributed by atoms with Gasteiger partial charge in [-0.25, -0.2) is 4.79 Å². The lowest BCUT2D eigenvalue weighted by atomic mass is 10.2. The standard InChI is InChI=1S/C7H3Cl3O2S/c8-2-1-3(13)6(10)4(5(2)9)7(11)12/h1,13H,(H,11,12). The van der Waals surface area contributed by atoms with Crippen LogP contribution in [-0.4, -0.2) is 11.1 Å². The zero-order chi connectivity index (χ0) is 10.2. The van der Waals surface area contributed by atoms with Gasteiger partial charge in [-0.2, -0.15) is 0 Å². The molecule has 6 heteroatoms. The summed E-state index contributed by atoms with van der Waals surface area (Å²) in [5, 5.41) is 8.77. The molecule has 2 nitrogen and oxygen atoms in total. The first kappa shape index (κ1) is 11.0. The molecule has 0 bridgehead atoms. The predicted molar refractivity (Wildman–Crippen MR) is 55.7 cm³/mol. The molecule has 0 unspecified atom stereocenters. The molecule has 1 aromatic carbocycles. The highest BCUT2D eigenvalue weighted by molar-refractivity contribution is 7.80. The topological polar surface area (TPSA) is 37.3 Å². The van der Waals surface area contributed by atoms with E-state index >= 15 is 0 Å². The molecule has 13 heavy (non-hydrogen) atoms. The highest BCUT2D eigenvalue weighted by Gasteiger charge is 2.18. The van der Waals surface area contributed by atoms with Gasteiger partial charge in [-0.3, -0.25) is 0 Å². The maximum atomic E-state index is 10.7. The number of hydrogen-bond donors (Lipinski definition) is 2. The summed E-state index contributed by atoms with van der Waals surface area (Å²) >= 11 is 20.9. The number of hydrogen-bond acceptors (Lipinski definition) is 2. The van der Waals surface area contributed by atoms with E-state index in [2.05, 4.69) is 12.6 Å². The Morgan fingerprint density at radius 1 is 1.31 bits per heavy atom. The fourth-order valence-corrected chi connectivity index (χ4v) is 1.81. The number of carbonyl (C=O) groups is 1. The van der Waals surface area contributed by atoms with E-state index in [1.807, 2.05) is 0 Å². The Balaban J connectivity index is 3.56. The Morgan fingerprint density at radius 3 is 2.31 bits per heavy atom. The van der Waals surface area contributed by atoms with Crippen LogP contribution in [0.25, 0.3) is 0 Å². The van der Waals surface area contributed by atoms with Crippen molar-refractivity contribution in [2.75, 3.05) is 0 Å². The van der Waals surface area contributed by atoms with Crippen molar-refractivity contribution in [2.45, 2.75) is 4.90 Å². The number of halogens is 3. The molecule has 1 rings (SSSR count). The molecule has 70 valence electrons. The average Bonchev–Trinajstić information content (AvgIpc) is 2.01. The van der Waals surface area contributed by atoms with Gasteiger partial charge in [0.1, 0.15) is 0 Å². The third-order valence-corrected chi connectivity index (χ3v) is 3.02. The van der Waals surface area contributed by atoms with Gasteiger partial charge in [0, 0.05) is 4.90 Å². The summed E-state index contributed by atoms with van der Waals surface area (Å²) in [5.41, 5.74) is -0.221. The largest absolute Gasteiger partial charge is 0.478 e. The molecule has 0 amide bonds. The Bertz CT molecular complexity index is 352. The second-order valence-corrected chi connectivity index (χ2v) is 3.83. The average molecular weight is 258 g/mol. The van der Waals surface area contributed by atoms with Crippen molar-refractivity contribution < 1.29 is 9.90 Å². The van der Waals surface area contributed by atoms with Crippen LogP contribution >= 0.6 is 47.4 Å². The van der Waals surface area contributed by atoms with Crippen molar-refractivity contribution >= 4 is 53.4 Å². The van der Waals surface area contributed by atoms with Crippen LogP contribution in [0.1, 0.15) is 10.4 Å². The molecule has 0 aliphatic heterocycles. The van der Waals surface area contributed by atoms with Gasteiger partial charge in [-0.15, -0.1) is 12.6 Å². The van der Waals surface area contributed by atoms with E-state index in [0.29, 0.717) is 0 Å². The van der Waals surface area contributed by atoms with E-state index in [-0.39, 0.29) is 25.5 Å². The molecule has 0 atom stereocenters.